The average molecular weight is 763 g/mol. The van der Waals surface area contributed by atoms with Gasteiger partial charge in [0.05, 0.1) is 39.8 Å². The van der Waals surface area contributed by atoms with Crippen molar-refractivity contribution in [2.24, 2.45) is 0 Å². The van der Waals surface area contributed by atoms with Crippen LogP contribution < -0.4 is 28.7 Å². The molecule has 0 aliphatic heterocycles. The summed E-state index contributed by atoms with van der Waals surface area (Å²) in [6.45, 7) is 8.46. The van der Waals surface area contributed by atoms with E-state index in [9.17, 15) is 0 Å². The van der Waals surface area contributed by atoms with Crippen molar-refractivity contribution in [2.45, 2.75) is 27.7 Å². The predicted molar refractivity (Wildman–Crippen MR) is 242 cm³/mol. The molecule has 0 N–H and O–H groups in total. The van der Waals surface area contributed by atoms with Crippen molar-refractivity contribution in [2.75, 3.05) is 38.2 Å². The number of methoxy groups -OCH3 is 4. The Kier molecular flexibility index (Phi) is 9.20. The van der Waals surface area contributed by atoms with E-state index in [1.54, 1.807) is 28.4 Å². The van der Waals surface area contributed by atoms with Crippen LogP contribution in [0.2, 0.25) is 0 Å². The van der Waals surface area contributed by atoms with Gasteiger partial charge in [-0.3, -0.25) is 0 Å². The second-order valence-corrected chi connectivity index (χ2v) is 15.1. The minimum Gasteiger partial charge on any atom is -0.496 e. The SMILES string of the molecule is COc1ccc2c(N(c3ccc(C)cc3)c3ccc(C)cc3)cc(OC)c3c4c(OC)ccc5c(N(c6ccc(C)cc6)c6ccc(C)cc6)cc(OC)c(c1c23)c54. The highest BCUT2D eigenvalue weighted by Crippen LogP contribution is 2.57. The normalized spacial score (nSPS) is 11.4. The number of benzene rings is 9. The summed E-state index contributed by atoms with van der Waals surface area (Å²) < 4.78 is 25.6. The van der Waals surface area contributed by atoms with Crippen LogP contribution >= 0.6 is 0 Å². The summed E-state index contributed by atoms with van der Waals surface area (Å²) in [4.78, 5) is 4.62. The van der Waals surface area contributed by atoms with E-state index in [0.717, 1.165) is 100 Å². The Morgan fingerprint density at radius 2 is 0.552 bits per heavy atom. The quantitative estimate of drug-likeness (QED) is 0.102. The molecule has 6 heteroatoms. The van der Waals surface area contributed by atoms with Crippen LogP contribution in [0, 0.1) is 27.7 Å². The average Bonchev–Trinajstić information content (AvgIpc) is 3.25. The molecule has 0 saturated heterocycles. The summed E-state index contributed by atoms with van der Waals surface area (Å²) in [5.41, 5.74) is 10.9. The zero-order valence-corrected chi connectivity index (χ0v) is 34.2. The molecule has 0 aliphatic rings. The highest BCUT2D eigenvalue weighted by atomic mass is 16.5. The first kappa shape index (κ1) is 36.7. The summed E-state index contributed by atoms with van der Waals surface area (Å²) >= 11 is 0. The number of hydrogen-bond donors (Lipinski definition) is 0. The smallest absolute Gasteiger partial charge is 0.129 e. The Hall–Kier alpha value is -6.92. The third-order valence-electron chi connectivity index (χ3n) is 11.4. The third-order valence-corrected chi connectivity index (χ3v) is 11.4. The summed E-state index contributed by atoms with van der Waals surface area (Å²) in [7, 11) is 6.97. The van der Waals surface area contributed by atoms with Crippen molar-refractivity contribution in [3.63, 3.8) is 0 Å². The van der Waals surface area contributed by atoms with E-state index in [1.165, 1.54) is 22.3 Å². The third kappa shape index (κ3) is 5.87. The summed E-state index contributed by atoms with van der Waals surface area (Å²) in [5.74, 6) is 2.91. The molecule has 0 bridgehead atoms. The van der Waals surface area contributed by atoms with Gasteiger partial charge in [0.15, 0.2) is 0 Å². The molecule has 0 aliphatic carbocycles. The summed E-state index contributed by atoms with van der Waals surface area (Å²) in [5, 5.41) is 7.81. The van der Waals surface area contributed by atoms with E-state index in [2.05, 4.69) is 171 Å². The fraction of sp³-hybridized carbons (Fsp3) is 0.154. The highest BCUT2D eigenvalue weighted by molar-refractivity contribution is 6.40. The lowest BCUT2D eigenvalue weighted by molar-refractivity contribution is 0.415. The Bertz CT molecular complexity index is 2640. The molecule has 9 rings (SSSR count). The number of rotatable bonds is 10. The topological polar surface area (TPSA) is 43.4 Å². The minimum absolute atomic E-state index is 0.718. The monoisotopic (exact) mass is 762 g/mol. The van der Waals surface area contributed by atoms with Gasteiger partial charge in [0.1, 0.15) is 23.0 Å². The molecule has 0 unspecified atom stereocenters. The number of nitrogens with zero attached hydrogens (tertiary/aromatic N) is 2. The van der Waals surface area contributed by atoms with Crippen molar-refractivity contribution in [1.29, 1.82) is 0 Å². The predicted octanol–water partition coefficient (Wildman–Crippen LogP) is 13.9. The van der Waals surface area contributed by atoms with Gasteiger partial charge in [0.2, 0.25) is 0 Å². The zero-order valence-electron chi connectivity index (χ0n) is 34.2. The van der Waals surface area contributed by atoms with Crippen LogP contribution in [0.4, 0.5) is 34.1 Å². The fourth-order valence-corrected chi connectivity index (χ4v) is 8.56. The van der Waals surface area contributed by atoms with Gasteiger partial charge in [-0.2, -0.15) is 0 Å². The van der Waals surface area contributed by atoms with E-state index >= 15 is 0 Å². The van der Waals surface area contributed by atoms with E-state index in [0.29, 0.717) is 0 Å². The molecule has 9 aromatic carbocycles. The van der Waals surface area contributed by atoms with Crippen LogP contribution in [0.25, 0.3) is 43.1 Å². The van der Waals surface area contributed by atoms with Crippen LogP contribution in [0.15, 0.2) is 133 Å². The van der Waals surface area contributed by atoms with Gasteiger partial charge in [-0.05, 0) is 100 Å². The molecule has 0 amide bonds. The first-order valence-corrected chi connectivity index (χ1v) is 19.6. The standard InChI is InChI=1S/C52H46N2O4/c1-31-9-17-35(18-10-31)53(36-19-11-32(2)12-20-36)41-29-45(57-7)51-47-39(41)25-27-43(55-5)49(47)52-46(58-8)30-42(40-26-28-44(56-6)50(51)48(40)52)54(37-21-13-33(3)14-22-37)38-23-15-34(4)16-24-38/h9-30H,1-8H3. The molecule has 0 saturated carbocycles. The number of aryl methyl sites for hydroxylation is 4. The van der Waals surface area contributed by atoms with Crippen LogP contribution in [0.1, 0.15) is 22.3 Å². The first-order chi connectivity index (χ1) is 28.2. The zero-order chi connectivity index (χ0) is 40.2. The van der Waals surface area contributed by atoms with Crippen LogP contribution in [-0.4, -0.2) is 28.4 Å². The van der Waals surface area contributed by atoms with Gasteiger partial charge in [-0.25, -0.2) is 0 Å². The lowest BCUT2D eigenvalue weighted by atomic mass is 9.86. The van der Waals surface area contributed by atoms with E-state index < -0.39 is 0 Å². The number of anilines is 6. The van der Waals surface area contributed by atoms with Crippen molar-refractivity contribution in [3.05, 3.63) is 156 Å². The van der Waals surface area contributed by atoms with Crippen molar-refractivity contribution in [1.82, 2.24) is 0 Å². The molecule has 288 valence electrons. The van der Waals surface area contributed by atoms with Crippen LogP contribution in [0.3, 0.4) is 0 Å². The maximum absolute atomic E-state index is 6.48. The molecule has 9 aromatic rings. The summed E-state index contributed by atoms with van der Waals surface area (Å²) in [6.07, 6.45) is 0. The lowest BCUT2D eigenvalue weighted by Gasteiger charge is -2.31. The maximum atomic E-state index is 6.48. The van der Waals surface area contributed by atoms with Gasteiger partial charge in [-0.15, -0.1) is 0 Å². The van der Waals surface area contributed by atoms with Crippen molar-refractivity contribution < 1.29 is 18.9 Å². The molecule has 0 radical (unpaired) electrons. The Balaban J connectivity index is 1.47. The second-order valence-electron chi connectivity index (χ2n) is 15.1. The van der Waals surface area contributed by atoms with Crippen LogP contribution in [-0.2, 0) is 0 Å². The number of fused-ring (bicyclic) bond motifs is 2. The van der Waals surface area contributed by atoms with Crippen molar-refractivity contribution in [3.8, 4) is 23.0 Å². The molecule has 0 fully saturated rings. The van der Waals surface area contributed by atoms with Gasteiger partial charge in [0.25, 0.3) is 0 Å². The molecule has 58 heavy (non-hydrogen) atoms. The second kappa shape index (κ2) is 14.5. The molecule has 6 nitrogen and oxygen atoms in total. The molecule has 0 spiro atoms. The Morgan fingerprint density at radius 3 is 0.810 bits per heavy atom. The van der Waals surface area contributed by atoms with Gasteiger partial charge >= 0.3 is 0 Å². The van der Waals surface area contributed by atoms with E-state index in [-0.39, 0.29) is 0 Å². The Labute approximate surface area is 339 Å². The highest BCUT2D eigenvalue weighted by Gasteiger charge is 2.30. The van der Waals surface area contributed by atoms with Crippen molar-refractivity contribution >= 4 is 77.2 Å². The van der Waals surface area contributed by atoms with Crippen LogP contribution in [0.5, 0.6) is 23.0 Å². The van der Waals surface area contributed by atoms with E-state index in [4.69, 9.17) is 18.9 Å². The summed E-state index contributed by atoms with van der Waals surface area (Å²) in [6, 6.07) is 47.5. The molecule has 0 aromatic heterocycles. The Morgan fingerprint density at radius 1 is 0.293 bits per heavy atom. The van der Waals surface area contributed by atoms with Gasteiger partial charge in [0, 0.05) is 78.0 Å². The molecule has 0 atom stereocenters. The number of hydrogen-bond acceptors (Lipinski definition) is 6. The lowest BCUT2D eigenvalue weighted by Crippen LogP contribution is -2.12. The minimum atomic E-state index is 0.718. The number of ether oxygens (including phenoxy) is 4. The first-order valence-electron chi connectivity index (χ1n) is 19.6. The molecule has 0 heterocycles. The maximum Gasteiger partial charge on any atom is 0.129 e. The fourth-order valence-electron chi connectivity index (χ4n) is 8.56. The largest absolute Gasteiger partial charge is 0.496 e. The molecular weight excluding hydrogens is 717 g/mol. The van der Waals surface area contributed by atoms with Gasteiger partial charge in [-0.1, -0.05) is 70.8 Å². The van der Waals surface area contributed by atoms with Gasteiger partial charge < -0.3 is 28.7 Å². The molecular formula is C52H46N2O4. The van der Waals surface area contributed by atoms with E-state index in [1.807, 2.05) is 0 Å².